The molecule has 13 aromatic rings. The van der Waals surface area contributed by atoms with Crippen LogP contribution >= 0.6 is 0 Å². The third-order valence-corrected chi connectivity index (χ3v) is 12.8. The van der Waals surface area contributed by atoms with Crippen molar-refractivity contribution in [2.24, 2.45) is 0 Å². The third-order valence-electron chi connectivity index (χ3n) is 12.8. The van der Waals surface area contributed by atoms with Crippen molar-refractivity contribution in [3.05, 3.63) is 193 Å². The fraction of sp³-hybridized carbons (Fsp3) is 0.0175. The highest BCUT2D eigenvalue weighted by Crippen LogP contribution is 2.50. The molecule has 0 radical (unpaired) electrons. The molecule has 0 spiro atoms. The zero-order valence-electron chi connectivity index (χ0n) is 33.8. The first kappa shape index (κ1) is 35.0. The standard InChI is InChI=1S/C57H32N4O2/c1-33-24-25-39-43-29-48-42(30-51(43)62-50(39)28-33)37-19-9-11-21-46(37)60(48)54-44(31-58)53(35-16-6-3-7-17-35)55(45(32-59)52(54)34-14-4-2-5-15-34)61-47-22-12-8-18-36(47)40-26-27-41-38-20-10-13-23-49(38)63-57(41)56(40)61/h2-30H,1H3. The number of para-hydroxylation sites is 3. The Kier molecular flexibility index (Phi) is 7.26. The fourth-order valence-electron chi connectivity index (χ4n) is 10.2. The number of hydrogen-bond acceptors (Lipinski definition) is 4. The Hall–Kier alpha value is -8.84. The minimum absolute atomic E-state index is 0.432. The molecule has 0 saturated carbocycles. The maximum absolute atomic E-state index is 12.0. The van der Waals surface area contributed by atoms with Gasteiger partial charge >= 0.3 is 0 Å². The smallest absolute Gasteiger partial charge is 0.160 e. The largest absolute Gasteiger partial charge is 0.456 e. The van der Waals surface area contributed by atoms with Gasteiger partial charge in [0.05, 0.1) is 44.6 Å². The lowest BCUT2D eigenvalue weighted by molar-refractivity contribution is 0.669. The summed E-state index contributed by atoms with van der Waals surface area (Å²) in [6, 6.07) is 65.2. The van der Waals surface area contributed by atoms with Crippen LogP contribution in [-0.4, -0.2) is 9.13 Å². The second-order valence-electron chi connectivity index (χ2n) is 16.3. The van der Waals surface area contributed by atoms with Gasteiger partial charge in [-0.3, -0.25) is 0 Å². The van der Waals surface area contributed by atoms with Gasteiger partial charge in [-0.05, 0) is 66.1 Å². The minimum atomic E-state index is 0.432. The Morgan fingerprint density at radius 2 is 0.921 bits per heavy atom. The maximum atomic E-state index is 12.0. The van der Waals surface area contributed by atoms with Crippen LogP contribution in [0.5, 0.6) is 0 Å². The Bertz CT molecular complexity index is 4170. The van der Waals surface area contributed by atoms with Crippen LogP contribution < -0.4 is 0 Å². The van der Waals surface area contributed by atoms with Crippen LogP contribution in [0.2, 0.25) is 0 Å². The van der Waals surface area contributed by atoms with Crippen molar-refractivity contribution in [2.75, 3.05) is 0 Å². The number of nitrogens with zero attached hydrogens (tertiary/aromatic N) is 4. The summed E-state index contributed by atoms with van der Waals surface area (Å²) in [5, 5.41) is 31.9. The molecule has 292 valence electrons. The molecule has 0 bridgehead atoms. The molecule has 13 rings (SSSR count). The SMILES string of the molecule is Cc1ccc2c(c1)oc1cc3c4ccccc4n(-c4c(C#N)c(-c5ccccc5)c(-n5c6ccccc6c6ccc7c8ccccc8oc7c65)c(C#N)c4-c4ccccc4)c3cc12. The third kappa shape index (κ3) is 4.81. The predicted molar refractivity (Wildman–Crippen MR) is 255 cm³/mol. The monoisotopic (exact) mass is 804 g/mol. The molecule has 0 fully saturated rings. The van der Waals surface area contributed by atoms with Crippen molar-refractivity contribution in [3.8, 4) is 45.8 Å². The van der Waals surface area contributed by atoms with Gasteiger partial charge < -0.3 is 18.0 Å². The first-order valence-corrected chi connectivity index (χ1v) is 21.0. The molecule has 0 unspecified atom stereocenters. The van der Waals surface area contributed by atoms with Gasteiger partial charge in [0.1, 0.15) is 28.9 Å². The summed E-state index contributed by atoms with van der Waals surface area (Å²) in [5.74, 6) is 0. The van der Waals surface area contributed by atoms with Gasteiger partial charge in [0.2, 0.25) is 0 Å². The van der Waals surface area contributed by atoms with Crippen molar-refractivity contribution in [3.63, 3.8) is 0 Å². The summed E-state index contributed by atoms with van der Waals surface area (Å²) >= 11 is 0. The van der Waals surface area contributed by atoms with E-state index in [0.717, 1.165) is 98.6 Å². The van der Waals surface area contributed by atoms with E-state index >= 15 is 0 Å². The van der Waals surface area contributed by atoms with Crippen LogP contribution in [0.1, 0.15) is 16.7 Å². The second kappa shape index (κ2) is 13.1. The van der Waals surface area contributed by atoms with Crippen molar-refractivity contribution >= 4 is 87.5 Å². The Morgan fingerprint density at radius 3 is 1.60 bits per heavy atom. The summed E-state index contributed by atoms with van der Waals surface area (Å²) in [7, 11) is 0. The highest BCUT2D eigenvalue weighted by Gasteiger charge is 2.32. The molecule has 4 aromatic heterocycles. The first-order chi connectivity index (χ1) is 31.1. The van der Waals surface area contributed by atoms with Gasteiger partial charge in [0.15, 0.2) is 5.58 Å². The number of nitriles is 2. The van der Waals surface area contributed by atoms with Crippen LogP contribution in [-0.2, 0) is 0 Å². The van der Waals surface area contributed by atoms with Crippen LogP contribution in [0.4, 0.5) is 0 Å². The second-order valence-corrected chi connectivity index (χ2v) is 16.3. The summed E-state index contributed by atoms with van der Waals surface area (Å²) in [6.07, 6.45) is 0. The lowest BCUT2D eigenvalue weighted by atomic mass is 9.86. The first-order valence-electron chi connectivity index (χ1n) is 21.0. The number of hydrogen-bond donors (Lipinski definition) is 0. The van der Waals surface area contributed by atoms with Gasteiger partial charge in [0, 0.05) is 54.2 Å². The molecule has 4 heterocycles. The van der Waals surface area contributed by atoms with Gasteiger partial charge in [-0.25, -0.2) is 0 Å². The highest BCUT2D eigenvalue weighted by atomic mass is 16.3. The summed E-state index contributed by atoms with van der Waals surface area (Å²) in [4.78, 5) is 0. The normalized spacial score (nSPS) is 11.9. The van der Waals surface area contributed by atoms with E-state index in [-0.39, 0.29) is 0 Å². The number of fused-ring (bicyclic) bond motifs is 13. The lowest BCUT2D eigenvalue weighted by Gasteiger charge is -2.25. The molecule has 0 amide bonds. The van der Waals surface area contributed by atoms with E-state index in [1.54, 1.807) is 0 Å². The van der Waals surface area contributed by atoms with Crippen molar-refractivity contribution in [1.29, 1.82) is 10.5 Å². The van der Waals surface area contributed by atoms with Crippen molar-refractivity contribution < 1.29 is 8.83 Å². The van der Waals surface area contributed by atoms with Crippen LogP contribution in [0, 0.1) is 29.6 Å². The van der Waals surface area contributed by atoms with E-state index in [4.69, 9.17) is 8.83 Å². The average molecular weight is 805 g/mol. The van der Waals surface area contributed by atoms with Crippen LogP contribution in [0.25, 0.3) is 121 Å². The van der Waals surface area contributed by atoms with Gasteiger partial charge in [0.25, 0.3) is 0 Å². The number of rotatable bonds is 4. The van der Waals surface area contributed by atoms with Gasteiger partial charge in [-0.15, -0.1) is 0 Å². The van der Waals surface area contributed by atoms with E-state index in [2.05, 4.69) is 101 Å². The van der Waals surface area contributed by atoms with Gasteiger partial charge in [-0.1, -0.05) is 133 Å². The average Bonchev–Trinajstić information content (AvgIpc) is 4.07. The van der Waals surface area contributed by atoms with Crippen molar-refractivity contribution in [1.82, 2.24) is 9.13 Å². The predicted octanol–water partition coefficient (Wildman–Crippen LogP) is 15.1. The Balaban J connectivity index is 1.29. The van der Waals surface area contributed by atoms with Crippen molar-refractivity contribution in [2.45, 2.75) is 6.92 Å². The van der Waals surface area contributed by atoms with E-state index in [9.17, 15) is 10.5 Å². The number of aromatic nitrogens is 2. The minimum Gasteiger partial charge on any atom is -0.456 e. The van der Waals surface area contributed by atoms with E-state index < -0.39 is 0 Å². The Morgan fingerprint density at radius 1 is 0.397 bits per heavy atom. The van der Waals surface area contributed by atoms with Crippen LogP contribution in [0.15, 0.2) is 185 Å². The molecule has 0 aliphatic rings. The molecule has 6 nitrogen and oxygen atoms in total. The van der Waals surface area contributed by atoms with E-state index in [1.807, 2.05) is 103 Å². The Labute approximate surface area is 359 Å². The topological polar surface area (TPSA) is 83.7 Å². The molecule has 63 heavy (non-hydrogen) atoms. The molecule has 6 heteroatoms. The molecule has 0 aliphatic carbocycles. The van der Waals surface area contributed by atoms with Gasteiger partial charge in [-0.2, -0.15) is 10.5 Å². The number of aryl methyl sites for hydroxylation is 1. The molecular weight excluding hydrogens is 773 g/mol. The number of furan rings is 2. The summed E-state index contributed by atoms with van der Waals surface area (Å²) < 4.78 is 17.7. The zero-order valence-corrected chi connectivity index (χ0v) is 33.8. The molecule has 9 aromatic carbocycles. The molecule has 0 aliphatic heterocycles. The molecule has 0 N–H and O–H groups in total. The van der Waals surface area contributed by atoms with E-state index in [1.165, 1.54) is 0 Å². The maximum Gasteiger partial charge on any atom is 0.160 e. The number of benzene rings is 9. The highest BCUT2D eigenvalue weighted by molar-refractivity contribution is 6.23. The van der Waals surface area contributed by atoms with E-state index in [0.29, 0.717) is 39.2 Å². The quantitative estimate of drug-likeness (QED) is 0.177. The molecular formula is C57H32N4O2. The zero-order chi connectivity index (χ0) is 41.9. The lowest BCUT2D eigenvalue weighted by Crippen LogP contribution is -2.11. The molecule has 0 saturated heterocycles. The summed E-state index contributed by atoms with van der Waals surface area (Å²) in [5.41, 5.74) is 12.8. The van der Waals surface area contributed by atoms with Crippen LogP contribution in [0.3, 0.4) is 0 Å². The fourth-order valence-corrected chi connectivity index (χ4v) is 10.2. The summed E-state index contributed by atoms with van der Waals surface area (Å²) in [6.45, 7) is 2.07. The molecule has 0 atom stereocenters.